The normalized spacial score (nSPS) is 11.5. The predicted octanol–water partition coefficient (Wildman–Crippen LogP) is 6.93. The Balaban J connectivity index is 0. The van der Waals surface area contributed by atoms with E-state index in [1.165, 1.54) is 116 Å². The van der Waals surface area contributed by atoms with Crippen LogP contribution in [0, 0.1) is 0 Å². The average Bonchev–Trinajstić information content (AvgIpc) is 2.60. The van der Waals surface area contributed by atoms with Crippen LogP contribution in [0.3, 0.4) is 0 Å². The monoisotopic (exact) mass is 423 g/mol. The minimum atomic E-state index is -4.17. The Morgan fingerprint density at radius 3 is 1.18 bits per heavy atom. The Labute approximate surface area is 175 Å². The molecule has 0 unspecified atom stereocenters. The van der Waals surface area contributed by atoms with Crippen molar-refractivity contribution in [1.82, 2.24) is 4.90 Å². The number of hydrogen-bond donors (Lipinski definition) is 2. The van der Waals surface area contributed by atoms with Crippen LogP contribution >= 0.6 is 7.82 Å². The van der Waals surface area contributed by atoms with Crippen molar-refractivity contribution in [3.63, 3.8) is 0 Å². The van der Waals surface area contributed by atoms with Crippen LogP contribution in [0.4, 0.5) is 0 Å². The lowest BCUT2D eigenvalue weighted by Crippen LogP contribution is -2.12. The summed E-state index contributed by atoms with van der Waals surface area (Å²) in [4.78, 5) is 18.1. The minimum absolute atomic E-state index is 0.0459. The summed E-state index contributed by atoms with van der Waals surface area (Å²) in [6.07, 6.45) is 23.3. The molecule has 0 aliphatic rings. The van der Waals surface area contributed by atoms with Gasteiger partial charge in [0, 0.05) is 0 Å². The molecular formula is C22H50NO4P. The van der Waals surface area contributed by atoms with Gasteiger partial charge in [0.05, 0.1) is 6.61 Å². The first kappa shape index (κ1) is 30.3. The topological polar surface area (TPSA) is 70.0 Å². The first-order chi connectivity index (χ1) is 13.3. The molecule has 0 fully saturated rings. The summed E-state index contributed by atoms with van der Waals surface area (Å²) in [5.41, 5.74) is 0. The van der Waals surface area contributed by atoms with Gasteiger partial charge >= 0.3 is 7.82 Å². The van der Waals surface area contributed by atoms with Gasteiger partial charge in [0.2, 0.25) is 0 Å². The Kier molecular flexibility index (Phi) is 25.2. The van der Waals surface area contributed by atoms with Gasteiger partial charge in [-0.25, -0.2) is 4.57 Å². The Bertz CT molecular complexity index is 334. The molecule has 0 saturated carbocycles. The van der Waals surface area contributed by atoms with Crippen molar-refractivity contribution in [2.24, 2.45) is 0 Å². The fourth-order valence-corrected chi connectivity index (χ4v) is 3.48. The average molecular weight is 424 g/mol. The van der Waals surface area contributed by atoms with E-state index in [4.69, 9.17) is 9.79 Å². The number of unbranched alkanes of at least 4 members (excludes halogenated alkanes) is 15. The third kappa shape index (κ3) is 33.6. The number of nitrogens with zero attached hydrogens (tertiary/aromatic N) is 1. The number of phosphoric acid groups is 1. The van der Waals surface area contributed by atoms with E-state index in [0.717, 1.165) is 0 Å². The van der Waals surface area contributed by atoms with Crippen LogP contribution in [-0.2, 0) is 9.09 Å². The second-order valence-corrected chi connectivity index (χ2v) is 9.25. The fourth-order valence-electron chi connectivity index (χ4n) is 3.14. The van der Waals surface area contributed by atoms with Crippen molar-refractivity contribution in [1.29, 1.82) is 0 Å². The Hall–Kier alpha value is 0.0700. The lowest BCUT2D eigenvalue weighted by atomic mass is 10.0. The lowest BCUT2D eigenvalue weighted by molar-refractivity contribution is 0.206. The molecular weight excluding hydrogens is 373 g/mol. The largest absolute Gasteiger partial charge is 0.469 e. The summed E-state index contributed by atoms with van der Waals surface area (Å²) < 4.78 is 13.6. The van der Waals surface area contributed by atoms with Gasteiger partial charge in [0.25, 0.3) is 0 Å². The third-order valence-corrected chi connectivity index (χ3v) is 5.35. The van der Waals surface area contributed by atoms with Crippen molar-refractivity contribution < 1.29 is 18.9 Å². The Morgan fingerprint density at radius 1 is 0.643 bits per heavy atom. The fraction of sp³-hybridized carbons (Fsp3) is 1.00. The van der Waals surface area contributed by atoms with E-state index in [9.17, 15) is 4.57 Å². The summed E-state index contributed by atoms with van der Waals surface area (Å²) in [7, 11) is 0.178. The summed E-state index contributed by atoms with van der Waals surface area (Å²) in [6.45, 7) is 5.12. The first-order valence-electron chi connectivity index (χ1n) is 11.7. The van der Waals surface area contributed by atoms with E-state index >= 15 is 0 Å². The SMILES string of the molecule is CCCCCCCCCCCCCCCCCCN(C)C.CCOP(=O)(O)O. The molecule has 172 valence electrons. The molecule has 0 rings (SSSR count). The van der Waals surface area contributed by atoms with Crippen molar-refractivity contribution in [2.45, 2.75) is 117 Å². The Morgan fingerprint density at radius 2 is 0.964 bits per heavy atom. The standard InChI is InChI=1S/C20H43N.C2H7O4P/c1-4-5-6-7-8-9-10-11-12-13-14-15-16-17-18-19-20-21(2)3;1-2-6-7(3,4)5/h4-20H2,1-3H3;2H2,1H3,(H2,3,4,5). The molecule has 0 aromatic rings. The molecule has 0 heterocycles. The molecule has 0 aromatic carbocycles. The van der Waals surface area contributed by atoms with Crippen LogP contribution in [0.15, 0.2) is 0 Å². The minimum Gasteiger partial charge on any atom is -0.309 e. The maximum absolute atomic E-state index is 9.70. The van der Waals surface area contributed by atoms with Crippen LogP contribution in [0.5, 0.6) is 0 Å². The molecule has 0 saturated heterocycles. The van der Waals surface area contributed by atoms with Crippen LogP contribution < -0.4 is 0 Å². The highest BCUT2D eigenvalue weighted by Gasteiger charge is 2.10. The summed E-state index contributed by atoms with van der Waals surface area (Å²) in [6, 6.07) is 0. The zero-order valence-electron chi connectivity index (χ0n) is 19.3. The highest BCUT2D eigenvalue weighted by molar-refractivity contribution is 7.46. The summed E-state index contributed by atoms with van der Waals surface area (Å²) in [5, 5.41) is 0. The van der Waals surface area contributed by atoms with E-state index in [1.807, 2.05) is 0 Å². The highest BCUT2D eigenvalue weighted by atomic mass is 31.2. The highest BCUT2D eigenvalue weighted by Crippen LogP contribution is 2.34. The van der Waals surface area contributed by atoms with Crippen molar-refractivity contribution in [3.05, 3.63) is 0 Å². The quantitative estimate of drug-likeness (QED) is 0.174. The molecule has 0 aromatic heterocycles. The molecule has 0 atom stereocenters. The molecule has 0 aliphatic carbocycles. The van der Waals surface area contributed by atoms with Gasteiger partial charge in [-0.3, -0.25) is 4.52 Å². The van der Waals surface area contributed by atoms with E-state index < -0.39 is 7.82 Å². The van der Waals surface area contributed by atoms with E-state index in [-0.39, 0.29) is 6.61 Å². The van der Waals surface area contributed by atoms with E-state index in [0.29, 0.717) is 0 Å². The summed E-state index contributed by atoms with van der Waals surface area (Å²) >= 11 is 0. The van der Waals surface area contributed by atoms with Crippen LogP contribution in [0.1, 0.15) is 117 Å². The molecule has 0 amide bonds. The molecule has 0 radical (unpaired) electrons. The van der Waals surface area contributed by atoms with Crippen LogP contribution in [0.25, 0.3) is 0 Å². The van der Waals surface area contributed by atoms with Gasteiger partial charge in [-0.1, -0.05) is 103 Å². The first-order valence-corrected chi connectivity index (χ1v) is 13.2. The predicted molar refractivity (Wildman–Crippen MR) is 122 cm³/mol. The maximum atomic E-state index is 9.70. The molecule has 0 spiro atoms. The van der Waals surface area contributed by atoms with Gasteiger partial charge in [0.15, 0.2) is 0 Å². The second-order valence-electron chi connectivity index (χ2n) is 8.01. The maximum Gasteiger partial charge on any atom is 0.469 e. The zero-order chi connectivity index (χ0) is 21.5. The molecule has 5 nitrogen and oxygen atoms in total. The molecule has 6 heteroatoms. The van der Waals surface area contributed by atoms with Gasteiger partial charge in [-0.15, -0.1) is 0 Å². The zero-order valence-corrected chi connectivity index (χ0v) is 20.2. The molecule has 0 aliphatic heterocycles. The van der Waals surface area contributed by atoms with Gasteiger partial charge in [-0.05, 0) is 34.0 Å². The van der Waals surface area contributed by atoms with Crippen molar-refractivity contribution in [2.75, 3.05) is 27.2 Å². The molecule has 2 N–H and O–H groups in total. The van der Waals surface area contributed by atoms with E-state index in [2.05, 4.69) is 30.4 Å². The van der Waals surface area contributed by atoms with Gasteiger partial charge in [0.1, 0.15) is 0 Å². The van der Waals surface area contributed by atoms with E-state index in [1.54, 1.807) is 0 Å². The van der Waals surface area contributed by atoms with Gasteiger partial charge < -0.3 is 14.7 Å². The third-order valence-electron chi connectivity index (χ3n) is 4.76. The summed E-state index contributed by atoms with van der Waals surface area (Å²) in [5.74, 6) is 0. The smallest absolute Gasteiger partial charge is 0.309 e. The molecule has 0 bridgehead atoms. The van der Waals surface area contributed by atoms with Crippen molar-refractivity contribution in [3.8, 4) is 0 Å². The second kappa shape index (κ2) is 23.3. The number of rotatable bonds is 19. The van der Waals surface area contributed by atoms with Crippen LogP contribution in [0.2, 0.25) is 0 Å². The number of phosphoric ester groups is 1. The van der Waals surface area contributed by atoms with Gasteiger partial charge in [-0.2, -0.15) is 0 Å². The molecule has 28 heavy (non-hydrogen) atoms. The van der Waals surface area contributed by atoms with Crippen LogP contribution in [-0.4, -0.2) is 41.9 Å². The number of hydrogen-bond acceptors (Lipinski definition) is 3. The van der Waals surface area contributed by atoms with Crippen molar-refractivity contribution >= 4 is 7.82 Å². The lowest BCUT2D eigenvalue weighted by Gasteiger charge is -2.08.